The summed E-state index contributed by atoms with van der Waals surface area (Å²) in [4.78, 5) is 38.5. The average molecular weight is 463 g/mol. The lowest BCUT2D eigenvalue weighted by molar-refractivity contribution is -0.142. The van der Waals surface area contributed by atoms with Gasteiger partial charge in [0.1, 0.15) is 6.61 Å². The molecule has 1 saturated heterocycles. The quantitative estimate of drug-likeness (QED) is 0.703. The summed E-state index contributed by atoms with van der Waals surface area (Å²) in [6.07, 6.45) is 1.51. The Bertz CT molecular complexity index is 1070. The number of ether oxygens (including phenoxy) is 1. The fourth-order valence-electron chi connectivity index (χ4n) is 5.87. The van der Waals surface area contributed by atoms with Crippen molar-refractivity contribution in [3.8, 4) is 11.1 Å². The van der Waals surface area contributed by atoms with Gasteiger partial charge in [-0.3, -0.25) is 9.59 Å². The zero-order valence-electron chi connectivity index (χ0n) is 19.3. The SMILES string of the molecule is C[C@@H]1CN(C(=O)C2CCC(NC(=O)OCC3c4ccccc4-c4ccccc43)C2)C[C@H]1C(=O)O. The number of alkyl carbamates (subject to hydrolysis) is 1. The van der Waals surface area contributed by atoms with Crippen LogP contribution >= 0.6 is 0 Å². The highest BCUT2D eigenvalue weighted by Gasteiger charge is 2.41. The number of aliphatic carboxylic acids is 1. The van der Waals surface area contributed by atoms with Crippen LogP contribution in [0.25, 0.3) is 11.1 Å². The van der Waals surface area contributed by atoms with E-state index in [-0.39, 0.29) is 42.9 Å². The molecule has 2 aromatic rings. The minimum atomic E-state index is -0.843. The zero-order chi connectivity index (χ0) is 23.8. The molecule has 2 unspecified atom stereocenters. The van der Waals surface area contributed by atoms with E-state index in [1.54, 1.807) is 4.90 Å². The van der Waals surface area contributed by atoms with E-state index in [1.807, 2.05) is 31.2 Å². The molecule has 7 nitrogen and oxygen atoms in total. The molecule has 0 aromatic heterocycles. The molecule has 2 amide bonds. The van der Waals surface area contributed by atoms with Gasteiger partial charge < -0.3 is 20.1 Å². The van der Waals surface area contributed by atoms with Crippen molar-refractivity contribution < 1.29 is 24.2 Å². The van der Waals surface area contributed by atoms with Crippen LogP contribution in [-0.2, 0) is 14.3 Å². The number of hydrogen-bond acceptors (Lipinski definition) is 4. The highest BCUT2D eigenvalue weighted by Crippen LogP contribution is 2.44. The standard InChI is InChI=1S/C27H30N2O5/c1-16-13-29(14-23(16)26(31)32)25(30)17-10-11-18(12-17)28-27(33)34-15-24-21-8-4-2-6-19(21)20-7-3-5-9-22(20)24/h2-9,16-18,23-24H,10-15H2,1H3,(H,28,33)(H,31,32)/t16-,17?,18?,23-/m1/s1. The second kappa shape index (κ2) is 9.12. The Morgan fingerprint density at radius 1 is 1.00 bits per heavy atom. The minimum Gasteiger partial charge on any atom is -0.481 e. The average Bonchev–Trinajstić information content (AvgIpc) is 3.53. The van der Waals surface area contributed by atoms with Crippen LogP contribution in [0.2, 0.25) is 0 Å². The summed E-state index contributed by atoms with van der Waals surface area (Å²) in [5.74, 6) is -1.55. The fourth-order valence-corrected chi connectivity index (χ4v) is 5.87. The maximum absolute atomic E-state index is 12.9. The number of nitrogens with zero attached hydrogens (tertiary/aromatic N) is 1. The van der Waals surface area contributed by atoms with Crippen LogP contribution in [0.4, 0.5) is 4.79 Å². The number of nitrogens with one attached hydrogen (secondary N) is 1. The van der Waals surface area contributed by atoms with Crippen molar-refractivity contribution >= 4 is 18.0 Å². The fraction of sp³-hybridized carbons (Fsp3) is 0.444. The maximum atomic E-state index is 12.9. The van der Waals surface area contributed by atoms with Gasteiger partial charge in [-0.1, -0.05) is 55.5 Å². The highest BCUT2D eigenvalue weighted by atomic mass is 16.5. The Hall–Kier alpha value is -3.35. The molecule has 0 spiro atoms. The summed E-state index contributed by atoms with van der Waals surface area (Å²) in [5, 5.41) is 12.3. The lowest BCUT2D eigenvalue weighted by atomic mass is 9.98. The van der Waals surface area contributed by atoms with E-state index >= 15 is 0 Å². The van der Waals surface area contributed by atoms with Gasteiger partial charge in [0.05, 0.1) is 5.92 Å². The summed E-state index contributed by atoms with van der Waals surface area (Å²) in [6.45, 7) is 2.90. The van der Waals surface area contributed by atoms with Gasteiger partial charge in [-0.2, -0.15) is 0 Å². The smallest absolute Gasteiger partial charge is 0.407 e. The van der Waals surface area contributed by atoms with Crippen molar-refractivity contribution in [1.82, 2.24) is 10.2 Å². The van der Waals surface area contributed by atoms with Gasteiger partial charge >= 0.3 is 12.1 Å². The number of rotatable bonds is 5. The van der Waals surface area contributed by atoms with Gasteiger partial charge in [0.15, 0.2) is 0 Å². The number of carboxylic acid groups (broad SMARTS) is 1. The van der Waals surface area contributed by atoms with E-state index < -0.39 is 18.0 Å². The molecule has 1 aliphatic heterocycles. The molecule has 178 valence electrons. The van der Waals surface area contributed by atoms with Gasteiger partial charge in [-0.15, -0.1) is 0 Å². The predicted molar refractivity (Wildman–Crippen MR) is 126 cm³/mol. The molecular weight excluding hydrogens is 432 g/mol. The maximum Gasteiger partial charge on any atom is 0.407 e. The van der Waals surface area contributed by atoms with E-state index in [9.17, 15) is 19.5 Å². The summed E-state index contributed by atoms with van der Waals surface area (Å²) >= 11 is 0. The first-order valence-electron chi connectivity index (χ1n) is 12.1. The van der Waals surface area contributed by atoms with Gasteiger partial charge in [0.25, 0.3) is 0 Å². The third-order valence-corrected chi connectivity index (χ3v) is 7.69. The Labute approximate surface area is 199 Å². The van der Waals surface area contributed by atoms with Crippen molar-refractivity contribution in [2.75, 3.05) is 19.7 Å². The second-order valence-corrected chi connectivity index (χ2v) is 9.84. The van der Waals surface area contributed by atoms with Crippen molar-refractivity contribution in [3.63, 3.8) is 0 Å². The Balaban J connectivity index is 1.14. The van der Waals surface area contributed by atoms with Crippen LogP contribution in [0.5, 0.6) is 0 Å². The van der Waals surface area contributed by atoms with E-state index in [0.717, 1.165) is 0 Å². The van der Waals surface area contributed by atoms with E-state index in [2.05, 4.69) is 29.6 Å². The Kier molecular flexibility index (Phi) is 6.02. The third-order valence-electron chi connectivity index (χ3n) is 7.69. The number of carboxylic acids is 1. The van der Waals surface area contributed by atoms with Crippen LogP contribution < -0.4 is 5.32 Å². The van der Waals surface area contributed by atoms with Gasteiger partial charge in [0.2, 0.25) is 5.91 Å². The molecule has 4 atom stereocenters. The van der Waals surface area contributed by atoms with E-state index in [4.69, 9.17) is 4.74 Å². The lowest BCUT2D eigenvalue weighted by Gasteiger charge is -2.21. The topological polar surface area (TPSA) is 95.9 Å². The molecule has 2 N–H and O–H groups in total. The van der Waals surface area contributed by atoms with Crippen LogP contribution in [0.15, 0.2) is 48.5 Å². The summed E-state index contributed by atoms with van der Waals surface area (Å²) in [6, 6.07) is 16.3. The Morgan fingerprint density at radius 3 is 2.26 bits per heavy atom. The molecule has 1 saturated carbocycles. The first-order valence-corrected chi connectivity index (χ1v) is 12.1. The Morgan fingerprint density at radius 2 is 1.65 bits per heavy atom. The molecule has 0 bridgehead atoms. The molecule has 0 radical (unpaired) electrons. The van der Waals surface area contributed by atoms with Gasteiger partial charge in [-0.25, -0.2) is 4.79 Å². The van der Waals surface area contributed by atoms with Crippen LogP contribution in [0.1, 0.15) is 43.2 Å². The number of likely N-dealkylation sites (tertiary alicyclic amines) is 1. The van der Waals surface area contributed by atoms with Crippen molar-refractivity contribution in [2.24, 2.45) is 17.8 Å². The molecule has 2 aromatic carbocycles. The van der Waals surface area contributed by atoms with Gasteiger partial charge in [0, 0.05) is 31.0 Å². The second-order valence-electron chi connectivity index (χ2n) is 9.84. The van der Waals surface area contributed by atoms with Crippen LogP contribution in [0, 0.1) is 17.8 Å². The summed E-state index contributed by atoms with van der Waals surface area (Å²) in [7, 11) is 0. The van der Waals surface area contributed by atoms with E-state index in [1.165, 1.54) is 22.3 Å². The molecule has 3 aliphatic rings. The first-order chi connectivity index (χ1) is 16.4. The molecular formula is C27H30N2O5. The van der Waals surface area contributed by atoms with Crippen LogP contribution in [0.3, 0.4) is 0 Å². The van der Waals surface area contributed by atoms with Crippen molar-refractivity contribution in [1.29, 1.82) is 0 Å². The molecule has 2 fully saturated rings. The number of carbonyl (C=O) groups excluding carboxylic acids is 2. The summed E-state index contributed by atoms with van der Waals surface area (Å²) < 4.78 is 5.64. The van der Waals surface area contributed by atoms with Crippen LogP contribution in [-0.4, -0.2) is 53.7 Å². The highest BCUT2D eigenvalue weighted by molar-refractivity contribution is 5.82. The molecule has 2 aliphatic carbocycles. The molecule has 34 heavy (non-hydrogen) atoms. The van der Waals surface area contributed by atoms with Crippen molar-refractivity contribution in [3.05, 3.63) is 59.7 Å². The number of fused-ring (bicyclic) bond motifs is 3. The molecule has 5 rings (SSSR count). The third kappa shape index (κ3) is 4.15. The lowest BCUT2D eigenvalue weighted by Crippen LogP contribution is -2.37. The molecule has 7 heteroatoms. The van der Waals surface area contributed by atoms with Gasteiger partial charge in [-0.05, 0) is 47.4 Å². The number of carbonyl (C=O) groups is 3. The molecule has 1 heterocycles. The van der Waals surface area contributed by atoms with Crippen molar-refractivity contribution in [2.45, 2.75) is 38.1 Å². The van der Waals surface area contributed by atoms with E-state index in [0.29, 0.717) is 25.8 Å². The number of amides is 2. The first kappa shape index (κ1) is 22.4. The predicted octanol–water partition coefficient (Wildman–Crippen LogP) is 3.87. The number of benzene rings is 2. The zero-order valence-corrected chi connectivity index (χ0v) is 19.3. The summed E-state index contributed by atoms with van der Waals surface area (Å²) in [5.41, 5.74) is 4.71. The monoisotopic (exact) mass is 462 g/mol. The number of hydrogen-bond donors (Lipinski definition) is 2. The normalized spacial score (nSPS) is 25.6. The largest absolute Gasteiger partial charge is 0.481 e. The minimum absolute atomic E-state index is 0.00689.